The van der Waals surface area contributed by atoms with Crippen LogP contribution in [0.4, 0.5) is 5.82 Å². The molecule has 3 aromatic rings. The first-order valence-corrected chi connectivity index (χ1v) is 6.20. The lowest BCUT2D eigenvalue weighted by Crippen LogP contribution is -2.10. The summed E-state index contributed by atoms with van der Waals surface area (Å²) < 4.78 is 1.84. The average Bonchev–Trinajstić information content (AvgIpc) is 2.97. The van der Waals surface area contributed by atoms with Crippen molar-refractivity contribution in [2.24, 2.45) is 5.84 Å². The number of nitrogens with one attached hydrogen (secondary N) is 1. The average molecular weight is 266 g/mol. The Morgan fingerprint density at radius 3 is 2.55 bits per heavy atom. The van der Waals surface area contributed by atoms with Gasteiger partial charge in [0.1, 0.15) is 0 Å². The molecule has 20 heavy (non-hydrogen) atoms. The molecule has 0 amide bonds. The zero-order chi connectivity index (χ0) is 13.8. The number of hydrogen-bond donors (Lipinski definition) is 2. The smallest absolute Gasteiger partial charge is 0.158 e. The van der Waals surface area contributed by atoms with E-state index in [0.717, 1.165) is 16.8 Å². The van der Waals surface area contributed by atoms with Gasteiger partial charge in [-0.2, -0.15) is 5.10 Å². The van der Waals surface area contributed by atoms with E-state index >= 15 is 0 Å². The number of anilines is 1. The van der Waals surface area contributed by atoms with E-state index in [1.807, 2.05) is 35.3 Å². The van der Waals surface area contributed by atoms with E-state index in [1.165, 1.54) is 0 Å². The van der Waals surface area contributed by atoms with Crippen LogP contribution >= 0.6 is 0 Å². The minimum Gasteiger partial charge on any atom is -0.307 e. The van der Waals surface area contributed by atoms with E-state index in [0.29, 0.717) is 12.4 Å². The first-order chi connectivity index (χ1) is 9.85. The van der Waals surface area contributed by atoms with Crippen molar-refractivity contribution in [2.45, 2.75) is 6.54 Å². The van der Waals surface area contributed by atoms with Gasteiger partial charge < -0.3 is 5.43 Å². The predicted octanol–water partition coefficient (Wildman–Crippen LogP) is 1.67. The molecule has 0 unspecified atom stereocenters. The van der Waals surface area contributed by atoms with Crippen LogP contribution in [-0.4, -0.2) is 19.7 Å². The Kier molecular flexibility index (Phi) is 3.38. The largest absolute Gasteiger partial charge is 0.307 e. The summed E-state index contributed by atoms with van der Waals surface area (Å²) in [6, 6.07) is 10.1. The van der Waals surface area contributed by atoms with Crippen LogP contribution in [0.1, 0.15) is 5.69 Å². The third-order valence-electron chi connectivity index (χ3n) is 2.92. The molecule has 0 fully saturated rings. The summed E-state index contributed by atoms with van der Waals surface area (Å²) in [5.41, 5.74) is 5.50. The molecule has 0 spiro atoms. The second-order valence-corrected chi connectivity index (χ2v) is 4.33. The van der Waals surface area contributed by atoms with Crippen molar-refractivity contribution < 1.29 is 0 Å². The number of nitrogens with two attached hydrogens (primary N) is 1. The van der Waals surface area contributed by atoms with Gasteiger partial charge in [0.2, 0.25) is 0 Å². The van der Waals surface area contributed by atoms with Crippen molar-refractivity contribution in [2.75, 3.05) is 5.43 Å². The van der Waals surface area contributed by atoms with Crippen LogP contribution in [0.25, 0.3) is 11.1 Å². The number of nitrogens with zero attached hydrogens (tertiary/aromatic N) is 4. The van der Waals surface area contributed by atoms with Crippen molar-refractivity contribution in [1.29, 1.82) is 0 Å². The van der Waals surface area contributed by atoms with Crippen LogP contribution < -0.4 is 11.3 Å². The Bertz CT molecular complexity index is 674. The van der Waals surface area contributed by atoms with Gasteiger partial charge in [-0.25, -0.2) is 10.8 Å². The molecule has 2 heterocycles. The van der Waals surface area contributed by atoms with Crippen molar-refractivity contribution in [3.05, 3.63) is 60.8 Å². The molecule has 6 heteroatoms. The van der Waals surface area contributed by atoms with E-state index in [-0.39, 0.29) is 0 Å². The van der Waals surface area contributed by atoms with Gasteiger partial charge >= 0.3 is 0 Å². The van der Waals surface area contributed by atoms with Crippen LogP contribution in [-0.2, 0) is 6.54 Å². The molecule has 0 saturated heterocycles. The number of nitrogen functional groups attached to an aromatic ring is 1. The quantitative estimate of drug-likeness (QED) is 0.554. The number of rotatable bonds is 4. The Labute approximate surface area is 116 Å². The predicted molar refractivity (Wildman–Crippen MR) is 76.6 cm³/mol. The lowest BCUT2D eigenvalue weighted by Gasteiger charge is -2.02. The summed E-state index contributed by atoms with van der Waals surface area (Å²) >= 11 is 0. The highest BCUT2D eigenvalue weighted by Crippen LogP contribution is 2.17. The summed E-state index contributed by atoms with van der Waals surface area (Å²) in [4.78, 5) is 8.38. The van der Waals surface area contributed by atoms with Crippen molar-refractivity contribution in [3.63, 3.8) is 0 Å². The first kappa shape index (κ1) is 12.3. The molecule has 0 bridgehead atoms. The molecule has 0 atom stereocenters. The van der Waals surface area contributed by atoms with Gasteiger partial charge in [-0.1, -0.05) is 30.3 Å². The molecule has 3 rings (SSSR count). The topological polar surface area (TPSA) is 81.6 Å². The maximum absolute atomic E-state index is 5.25. The molecule has 0 aliphatic heterocycles. The minimum absolute atomic E-state index is 0.541. The van der Waals surface area contributed by atoms with E-state index in [2.05, 4.69) is 32.6 Å². The molecular weight excluding hydrogens is 252 g/mol. The number of aromatic nitrogens is 4. The van der Waals surface area contributed by atoms with Gasteiger partial charge in [0.05, 0.1) is 30.8 Å². The van der Waals surface area contributed by atoms with Gasteiger partial charge in [-0.15, -0.1) is 0 Å². The van der Waals surface area contributed by atoms with Gasteiger partial charge in [-0.3, -0.25) is 9.67 Å². The maximum Gasteiger partial charge on any atom is 0.158 e. The van der Waals surface area contributed by atoms with Crippen molar-refractivity contribution in [3.8, 4) is 11.1 Å². The van der Waals surface area contributed by atoms with Crippen LogP contribution in [0, 0.1) is 0 Å². The molecular formula is C14H14N6. The maximum atomic E-state index is 5.25. The molecule has 0 radical (unpaired) electrons. The van der Waals surface area contributed by atoms with E-state index in [4.69, 9.17) is 5.84 Å². The van der Waals surface area contributed by atoms with E-state index < -0.39 is 0 Å². The summed E-state index contributed by atoms with van der Waals surface area (Å²) in [7, 11) is 0. The highest BCUT2D eigenvalue weighted by atomic mass is 15.3. The van der Waals surface area contributed by atoms with E-state index in [1.54, 1.807) is 12.4 Å². The second kappa shape index (κ2) is 5.50. The Hall–Kier alpha value is -2.73. The molecule has 3 N–H and O–H groups in total. The van der Waals surface area contributed by atoms with E-state index in [9.17, 15) is 0 Å². The summed E-state index contributed by atoms with van der Waals surface area (Å²) in [5, 5.41) is 4.34. The standard InChI is InChI=1S/C14H14N6/c15-19-14-8-16-13(7-17-14)10-20-9-12(6-18-20)11-4-2-1-3-5-11/h1-9H,10,15H2,(H,17,19). The van der Waals surface area contributed by atoms with Gasteiger partial charge in [0.25, 0.3) is 0 Å². The Morgan fingerprint density at radius 2 is 1.85 bits per heavy atom. The van der Waals surface area contributed by atoms with Crippen molar-refractivity contribution >= 4 is 5.82 Å². The summed E-state index contributed by atoms with van der Waals surface area (Å²) in [5.74, 6) is 5.79. The Balaban J connectivity index is 1.77. The van der Waals surface area contributed by atoms with Crippen molar-refractivity contribution in [1.82, 2.24) is 19.7 Å². The first-order valence-electron chi connectivity index (χ1n) is 6.20. The van der Waals surface area contributed by atoms with Gasteiger partial charge in [-0.05, 0) is 5.56 Å². The van der Waals surface area contributed by atoms with Crippen LogP contribution in [0.5, 0.6) is 0 Å². The molecule has 6 nitrogen and oxygen atoms in total. The fraction of sp³-hybridized carbons (Fsp3) is 0.0714. The third kappa shape index (κ3) is 2.65. The zero-order valence-corrected chi connectivity index (χ0v) is 10.8. The minimum atomic E-state index is 0.541. The van der Waals surface area contributed by atoms with Gasteiger partial charge in [0.15, 0.2) is 5.82 Å². The monoisotopic (exact) mass is 266 g/mol. The summed E-state index contributed by atoms with van der Waals surface area (Å²) in [6.45, 7) is 0.574. The molecule has 1 aromatic carbocycles. The fourth-order valence-electron chi connectivity index (χ4n) is 1.91. The number of hydrazine groups is 1. The molecule has 0 saturated carbocycles. The Morgan fingerprint density at radius 1 is 1.00 bits per heavy atom. The second-order valence-electron chi connectivity index (χ2n) is 4.33. The van der Waals surface area contributed by atoms with Gasteiger partial charge in [0, 0.05) is 11.8 Å². The molecule has 0 aliphatic rings. The lowest BCUT2D eigenvalue weighted by molar-refractivity contribution is 0.670. The zero-order valence-electron chi connectivity index (χ0n) is 10.8. The molecule has 2 aromatic heterocycles. The number of benzene rings is 1. The van der Waals surface area contributed by atoms with Crippen LogP contribution in [0.15, 0.2) is 55.1 Å². The SMILES string of the molecule is NNc1cnc(Cn2cc(-c3ccccc3)cn2)cn1. The third-order valence-corrected chi connectivity index (χ3v) is 2.92. The molecule has 100 valence electrons. The molecule has 0 aliphatic carbocycles. The number of hydrogen-bond acceptors (Lipinski definition) is 5. The highest BCUT2D eigenvalue weighted by molar-refractivity contribution is 5.61. The summed E-state index contributed by atoms with van der Waals surface area (Å²) in [6.07, 6.45) is 7.11. The fourth-order valence-corrected chi connectivity index (χ4v) is 1.91. The normalized spacial score (nSPS) is 10.4. The highest BCUT2D eigenvalue weighted by Gasteiger charge is 2.03. The van der Waals surface area contributed by atoms with Crippen LogP contribution in [0.2, 0.25) is 0 Å². The lowest BCUT2D eigenvalue weighted by atomic mass is 10.1. The van der Waals surface area contributed by atoms with Crippen LogP contribution in [0.3, 0.4) is 0 Å².